The Balaban J connectivity index is 2.03. The van der Waals surface area contributed by atoms with E-state index in [1.54, 1.807) is 23.5 Å². The highest BCUT2D eigenvalue weighted by atomic mass is 32.2. The molecule has 198 valence electrons. The topological polar surface area (TPSA) is 32.8 Å². The Morgan fingerprint density at radius 2 is 1.78 bits per heavy atom. The third-order valence-electron chi connectivity index (χ3n) is 6.85. The Morgan fingerprint density at radius 3 is 2.39 bits per heavy atom. The van der Waals surface area contributed by atoms with E-state index in [1.807, 2.05) is 18.9 Å². The first-order valence-corrected chi connectivity index (χ1v) is 16.3. The number of esters is 1. The number of anilines is 2. The summed E-state index contributed by atoms with van der Waals surface area (Å²) < 4.78 is 7.69. The molecule has 0 fully saturated rings. The van der Waals surface area contributed by atoms with Crippen LogP contribution in [0.25, 0.3) is 0 Å². The Bertz CT molecular complexity index is 962. The third kappa shape index (κ3) is 7.40. The molecule has 0 saturated carbocycles. The van der Waals surface area contributed by atoms with Crippen molar-refractivity contribution in [1.29, 1.82) is 0 Å². The van der Waals surface area contributed by atoms with Crippen LogP contribution in [-0.2, 0) is 15.3 Å². The number of hydrogen-bond acceptors (Lipinski definition) is 7. The van der Waals surface area contributed by atoms with Gasteiger partial charge in [0.05, 0.1) is 18.0 Å². The fraction of sp³-hybridized carbons (Fsp3) is 0.552. The standard InChI is InChI=1S/C29H42N2O2S3/c1-6-9-16-29(17-10-7-2)22-31(24-14-12-11-13-15-24)25-19-26(34-5)23(18-27(25)36-30(29)4)20-35-21-28(32)33-8-3/h11-15,18-19H,6-10,16-17,20-22H2,1-5H3. The van der Waals surface area contributed by atoms with Gasteiger partial charge in [-0.2, -0.15) is 0 Å². The third-order valence-corrected chi connectivity index (χ3v) is 9.81. The lowest BCUT2D eigenvalue weighted by Gasteiger charge is -2.42. The molecule has 1 aliphatic heterocycles. The number of fused-ring (bicyclic) bond motifs is 1. The van der Waals surface area contributed by atoms with E-state index >= 15 is 0 Å². The summed E-state index contributed by atoms with van der Waals surface area (Å²) in [5.74, 6) is 1.05. The molecule has 1 aliphatic rings. The van der Waals surface area contributed by atoms with Crippen molar-refractivity contribution in [2.45, 2.75) is 80.4 Å². The lowest BCUT2D eigenvalue weighted by Crippen LogP contribution is -2.49. The molecule has 0 spiro atoms. The fourth-order valence-electron chi connectivity index (χ4n) is 4.80. The van der Waals surface area contributed by atoms with Crippen molar-refractivity contribution in [2.24, 2.45) is 0 Å². The molecule has 0 atom stereocenters. The maximum absolute atomic E-state index is 11.9. The van der Waals surface area contributed by atoms with Crippen molar-refractivity contribution in [3.63, 3.8) is 0 Å². The van der Waals surface area contributed by atoms with Gasteiger partial charge in [-0.05, 0) is 74.8 Å². The largest absolute Gasteiger partial charge is 0.465 e. The van der Waals surface area contributed by atoms with Crippen LogP contribution in [0.4, 0.5) is 11.4 Å². The van der Waals surface area contributed by atoms with Crippen LogP contribution in [-0.4, -0.2) is 48.0 Å². The van der Waals surface area contributed by atoms with E-state index in [0.717, 1.165) is 12.3 Å². The number of likely N-dealkylation sites (N-methyl/N-ethyl adjacent to an activating group) is 1. The minimum atomic E-state index is -0.135. The number of rotatable bonds is 13. The van der Waals surface area contributed by atoms with E-state index in [4.69, 9.17) is 4.74 Å². The number of benzene rings is 2. The second kappa shape index (κ2) is 14.6. The molecule has 0 unspecified atom stereocenters. The molecule has 3 rings (SSSR count). The average molecular weight is 547 g/mol. The molecule has 4 nitrogen and oxygen atoms in total. The zero-order valence-corrected chi connectivity index (χ0v) is 25.0. The zero-order chi connectivity index (χ0) is 26.0. The molecule has 0 saturated heterocycles. The Labute approximate surface area is 231 Å². The maximum Gasteiger partial charge on any atom is 0.315 e. The molecule has 2 aromatic carbocycles. The Morgan fingerprint density at radius 1 is 1.08 bits per heavy atom. The SMILES string of the molecule is CCCCC1(CCCC)CN(c2ccccc2)c2cc(SC)c(CSCC(=O)OCC)cc2SN1C. The summed E-state index contributed by atoms with van der Waals surface area (Å²) >= 11 is 5.33. The lowest BCUT2D eigenvalue weighted by atomic mass is 9.86. The van der Waals surface area contributed by atoms with E-state index in [1.165, 1.54) is 65.3 Å². The van der Waals surface area contributed by atoms with Gasteiger partial charge >= 0.3 is 5.97 Å². The van der Waals surface area contributed by atoms with E-state index in [2.05, 4.69) is 78.8 Å². The number of carbonyl (C=O) groups excluding carboxylic acids is 1. The summed E-state index contributed by atoms with van der Waals surface area (Å²) in [5, 5.41) is 0. The van der Waals surface area contributed by atoms with Gasteiger partial charge in [0.2, 0.25) is 0 Å². The average Bonchev–Trinajstić information content (AvgIpc) is 3.00. The second-order valence-electron chi connectivity index (χ2n) is 9.37. The monoisotopic (exact) mass is 546 g/mol. The van der Waals surface area contributed by atoms with Gasteiger partial charge in [-0.25, -0.2) is 4.31 Å². The fourth-order valence-corrected chi connectivity index (χ4v) is 7.51. The first-order valence-electron chi connectivity index (χ1n) is 13.2. The van der Waals surface area contributed by atoms with Crippen LogP contribution in [0.5, 0.6) is 0 Å². The summed E-state index contributed by atoms with van der Waals surface area (Å²) in [5.41, 5.74) is 3.93. The minimum Gasteiger partial charge on any atom is -0.465 e. The summed E-state index contributed by atoms with van der Waals surface area (Å²) in [6, 6.07) is 15.6. The van der Waals surface area contributed by atoms with Crippen molar-refractivity contribution in [3.05, 3.63) is 48.0 Å². The van der Waals surface area contributed by atoms with Crippen molar-refractivity contribution in [1.82, 2.24) is 4.31 Å². The summed E-state index contributed by atoms with van der Waals surface area (Å²) in [6.45, 7) is 7.87. The maximum atomic E-state index is 11.9. The number of unbranched alkanes of at least 4 members (excludes halogenated alkanes) is 2. The first-order chi connectivity index (χ1) is 17.5. The molecule has 0 amide bonds. The highest BCUT2D eigenvalue weighted by Crippen LogP contribution is 2.48. The second-order valence-corrected chi connectivity index (χ2v) is 12.4. The van der Waals surface area contributed by atoms with Crippen molar-refractivity contribution in [3.8, 4) is 0 Å². The van der Waals surface area contributed by atoms with E-state index < -0.39 is 0 Å². The molecule has 1 heterocycles. The Kier molecular flexibility index (Phi) is 11.9. The van der Waals surface area contributed by atoms with Gasteiger partial charge in [-0.15, -0.1) is 23.5 Å². The van der Waals surface area contributed by atoms with Gasteiger partial charge < -0.3 is 9.64 Å². The Hall–Kier alpha value is -1.28. The quantitative estimate of drug-likeness (QED) is 0.142. The minimum absolute atomic E-state index is 0.101. The molecule has 0 N–H and O–H groups in total. The molecular formula is C29H42N2O2S3. The van der Waals surface area contributed by atoms with Crippen molar-refractivity contribution < 1.29 is 9.53 Å². The van der Waals surface area contributed by atoms with Gasteiger partial charge in [0.25, 0.3) is 0 Å². The normalized spacial score (nSPS) is 15.4. The van der Waals surface area contributed by atoms with Crippen LogP contribution >= 0.6 is 35.5 Å². The summed E-state index contributed by atoms with van der Waals surface area (Å²) in [4.78, 5) is 17.0. The molecule has 0 radical (unpaired) electrons. The van der Waals surface area contributed by atoms with E-state index in [-0.39, 0.29) is 11.5 Å². The number of nitrogens with zero attached hydrogens (tertiary/aromatic N) is 2. The van der Waals surface area contributed by atoms with Gasteiger partial charge in [0, 0.05) is 33.3 Å². The van der Waals surface area contributed by atoms with Crippen LogP contribution in [0.2, 0.25) is 0 Å². The number of hydrogen-bond donors (Lipinski definition) is 0. The molecular weight excluding hydrogens is 505 g/mol. The highest BCUT2D eigenvalue weighted by molar-refractivity contribution is 7.99. The highest BCUT2D eigenvalue weighted by Gasteiger charge is 2.40. The molecule has 0 bridgehead atoms. The first kappa shape index (κ1) is 29.3. The molecule has 2 aromatic rings. The molecule has 36 heavy (non-hydrogen) atoms. The van der Waals surface area contributed by atoms with Gasteiger partial charge in [-0.3, -0.25) is 4.79 Å². The number of ether oxygens (including phenoxy) is 1. The van der Waals surface area contributed by atoms with Crippen LogP contribution in [0.1, 0.15) is 64.9 Å². The van der Waals surface area contributed by atoms with Crippen LogP contribution < -0.4 is 4.90 Å². The van der Waals surface area contributed by atoms with Crippen LogP contribution in [0, 0.1) is 0 Å². The van der Waals surface area contributed by atoms with E-state index in [9.17, 15) is 4.79 Å². The smallest absolute Gasteiger partial charge is 0.315 e. The van der Waals surface area contributed by atoms with Crippen molar-refractivity contribution in [2.75, 3.05) is 37.1 Å². The molecule has 0 aromatic heterocycles. The number of carbonyl (C=O) groups is 1. The predicted molar refractivity (Wildman–Crippen MR) is 160 cm³/mol. The van der Waals surface area contributed by atoms with Gasteiger partial charge in [0.15, 0.2) is 0 Å². The van der Waals surface area contributed by atoms with Crippen LogP contribution in [0.3, 0.4) is 0 Å². The van der Waals surface area contributed by atoms with Crippen molar-refractivity contribution >= 4 is 52.8 Å². The van der Waals surface area contributed by atoms with E-state index in [0.29, 0.717) is 12.4 Å². The van der Waals surface area contributed by atoms with Crippen LogP contribution in [0.15, 0.2) is 52.3 Å². The number of para-hydroxylation sites is 1. The molecule has 7 heteroatoms. The van der Waals surface area contributed by atoms with Gasteiger partial charge in [0.1, 0.15) is 0 Å². The molecule has 0 aliphatic carbocycles. The van der Waals surface area contributed by atoms with Gasteiger partial charge in [-0.1, -0.05) is 57.7 Å². The summed E-state index contributed by atoms with van der Waals surface area (Å²) in [7, 11) is 2.30. The lowest BCUT2D eigenvalue weighted by molar-refractivity contribution is -0.139. The zero-order valence-electron chi connectivity index (χ0n) is 22.5. The summed E-state index contributed by atoms with van der Waals surface area (Å²) in [6.07, 6.45) is 9.44. The number of thioether (sulfide) groups is 2. The predicted octanol–water partition coefficient (Wildman–Crippen LogP) is 8.41.